The van der Waals surface area contributed by atoms with Gasteiger partial charge in [-0.25, -0.2) is 14.8 Å². The summed E-state index contributed by atoms with van der Waals surface area (Å²) in [5, 5.41) is 0.266. The lowest BCUT2D eigenvalue weighted by molar-refractivity contribution is 0.0129. The smallest absolute Gasteiger partial charge is 0.410 e. The molecule has 0 spiro atoms. The number of carbonyl (C=O) groups excluding carboxylic acids is 1. The van der Waals surface area contributed by atoms with Crippen molar-refractivity contribution in [3.63, 3.8) is 0 Å². The molecule has 1 aromatic rings. The molecular formula is C16H25ClN4O2. The lowest BCUT2D eigenvalue weighted by Gasteiger charge is -2.37. The van der Waals surface area contributed by atoms with Gasteiger partial charge in [0.05, 0.1) is 5.69 Å². The SMILES string of the molecule is CN(C(=O)OC(C)(C)C)C1CCCN(Cc2ccnc(Cl)n2)C1. The molecule has 1 aliphatic rings. The van der Waals surface area contributed by atoms with Crippen molar-refractivity contribution in [1.82, 2.24) is 19.8 Å². The Labute approximate surface area is 142 Å². The fourth-order valence-corrected chi connectivity index (χ4v) is 2.83. The van der Waals surface area contributed by atoms with Gasteiger partial charge in [-0.05, 0) is 57.8 Å². The molecule has 0 aromatic carbocycles. The van der Waals surface area contributed by atoms with Crippen molar-refractivity contribution in [3.8, 4) is 0 Å². The lowest BCUT2D eigenvalue weighted by Crippen LogP contribution is -2.49. The number of likely N-dealkylation sites (N-methyl/N-ethyl adjacent to an activating group) is 1. The maximum absolute atomic E-state index is 12.2. The Morgan fingerprint density at radius 1 is 1.52 bits per heavy atom. The zero-order valence-corrected chi connectivity index (χ0v) is 15.0. The van der Waals surface area contributed by atoms with Crippen molar-refractivity contribution in [1.29, 1.82) is 0 Å². The fraction of sp³-hybridized carbons (Fsp3) is 0.688. The van der Waals surface area contributed by atoms with Gasteiger partial charge in [-0.1, -0.05) is 0 Å². The quantitative estimate of drug-likeness (QED) is 0.792. The van der Waals surface area contributed by atoms with Crippen molar-refractivity contribution in [2.75, 3.05) is 20.1 Å². The minimum Gasteiger partial charge on any atom is -0.444 e. The molecule has 0 radical (unpaired) electrons. The molecule has 0 saturated carbocycles. The highest BCUT2D eigenvalue weighted by Crippen LogP contribution is 2.19. The van der Waals surface area contributed by atoms with Crippen LogP contribution >= 0.6 is 11.6 Å². The molecule has 6 nitrogen and oxygen atoms in total. The van der Waals surface area contributed by atoms with E-state index in [0.29, 0.717) is 6.54 Å². The highest BCUT2D eigenvalue weighted by molar-refractivity contribution is 6.28. The zero-order chi connectivity index (χ0) is 17.0. The van der Waals surface area contributed by atoms with Crippen LogP contribution in [0.25, 0.3) is 0 Å². The summed E-state index contributed by atoms with van der Waals surface area (Å²) in [6.45, 7) is 8.14. The van der Waals surface area contributed by atoms with E-state index in [1.807, 2.05) is 33.9 Å². The molecule has 2 rings (SSSR count). The third kappa shape index (κ3) is 5.62. The molecule has 1 aromatic heterocycles. The van der Waals surface area contributed by atoms with E-state index in [1.165, 1.54) is 0 Å². The van der Waals surface area contributed by atoms with E-state index in [0.717, 1.165) is 31.6 Å². The van der Waals surface area contributed by atoms with Crippen LogP contribution in [-0.4, -0.2) is 57.6 Å². The molecular weight excluding hydrogens is 316 g/mol. The number of nitrogens with zero attached hydrogens (tertiary/aromatic N) is 4. The summed E-state index contributed by atoms with van der Waals surface area (Å²) >= 11 is 5.83. The van der Waals surface area contributed by atoms with Gasteiger partial charge in [-0.2, -0.15) is 0 Å². The molecule has 1 atom stereocenters. The molecule has 128 valence electrons. The molecule has 0 aliphatic carbocycles. The molecule has 0 bridgehead atoms. The molecule has 2 heterocycles. The van der Waals surface area contributed by atoms with Crippen molar-refractivity contribution in [3.05, 3.63) is 23.2 Å². The van der Waals surface area contributed by atoms with Crippen LogP contribution < -0.4 is 0 Å². The second kappa shape index (κ2) is 7.45. The lowest BCUT2D eigenvalue weighted by atomic mass is 10.0. The maximum atomic E-state index is 12.2. The van der Waals surface area contributed by atoms with Crippen LogP contribution in [0.1, 0.15) is 39.3 Å². The molecule has 1 unspecified atom stereocenters. The van der Waals surface area contributed by atoms with Gasteiger partial charge in [0, 0.05) is 32.4 Å². The van der Waals surface area contributed by atoms with Crippen LogP contribution in [0.3, 0.4) is 0 Å². The van der Waals surface area contributed by atoms with E-state index >= 15 is 0 Å². The second-order valence-electron chi connectivity index (χ2n) is 6.94. The van der Waals surface area contributed by atoms with Gasteiger partial charge in [0.25, 0.3) is 0 Å². The molecule has 1 aliphatic heterocycles. The Morgan fingerprint density at radius 3 is 2.91 bits per heavy atom. The van der Waals surface area contributed by atoms with E-state index in [2.05, 4.69) is 14.9 Å². The Morgan fingerprint density at radius 2 is 2.26 bits per heavy atom. The van der Waals surface area contributed by atoms with Gasteiger partial charge in [0.15, 0.2) is 0 Å². The first kappa shape index (κ1) is 17.9. The van der Waals surface area contributed by atoms with Crippen LogP contribution in [0.15, 0.2) is 12.3 Å². The maximum Gasteiger partial charge on any atom is 0.410 e. The summed E-state index contributed by atoms with van der Waals surface area (Å²) in [7, 11) is 1.81. The highest BCUT2D eigenvalue weighted by atomic mass is 35.5. The second-order valence-corrected chi connectivity index (χ2v) is 7.28. The topological polar surface area (TPSA) is 58.6 Å². The number of piperidine rings is 1. The normalized spacial score (nSPS) is 19.4. The molecule has 23 heavy (non-hydrogen) atoms. The summed E-state index contributed by atoms with van der Waals surface area (Å²) in [5.74, 6) is 0. The minimum atomic E-state index is -0.475. The van der Waals surface area contributed by atoms with E-state index < -0.39 is 5.60 Å². The van der Waals surface area contributed by atoms with Crippen molar-refractivity contribution in [2.45, 2.75) is 51.8 Å². The summed E-state index contributed by atoms with van der Waals surface area (Å²) in [6.07, 6.45) is 3.42. The first-order chi connectivity index (χ1) is 10.7. The number of rotatable bonds is 3. The first-order valence-corrected chi connectivity index (χ1v) is 8.28. The van der Waals surface area contributed by atoms with Crippen LogP contribution in [0.2, 0.25) is 5.28 Å². The van der Waals surface area contributed by atoms with Crippen molar-refractivity contribution in [2.24, 2.45) is 0 Å². The predicted molar refractivity (Wildman–Crippen MR) is 89.3 cm³/mol. The highest BCUT2D eigenvalue weighted by Gasteiger charge is 2.29. The molecule has 1 saturated heterocycles. The number of ether oxygens (including phenoxy) is 1. The Kier molecular flexibility index (Phi) is 5.81. The van der Waals surface area contributed by atoms with Gasteiger partial charge in [0.2, 0.25) is 5.28 Å². The van der Waals surface area contributed by atoms with E-state index in [-0.39, 0.29) is 17.4 Å². The van der Waals surface area contributed by atoms with E-state index in [4.69, 9.17) is 16.3 Å². The van der Waals surface area contributed by atoms with Crippen LogP contribution in [0.4, 0.5) is 4.79 Å². The number of aromatic nitrogens is 2. The van der Waals surface area contributed by atoms with Gasteiger partial charge in [-0.3, -0.25) is 4.90 Å². The third-order valence-electron chi connectivity index (χ3n) is 3.78. The molecule has 0 N–H and O–H groups in total. The number of carbonyl (C=O) groups is 1. The number of hydrogen-bond acceptors (Lipinski definition) is 5. The average molecular weight is 341 g/mol. The van der Waals surface area contributed by atoms with Crippen LogP contribution in [0, 0.1) is 0 Å². The first-order valence-electron chi connectivity index (χ1n) is 7.90. The minimum absolute atomic E-state index is 0.149. The fourth-order valence-electron chi connectivity index (χ4n) is 2.66. The van der Waals surface area contributed by atoms with E-state index in [9.17, 15) is 4.79 Å². The summed E-state index contributed by atoms with van der Waals surface area (Å²) < 4.78 is 5.45. The molecule has 1 fully saturated rings. The largest absolute Gasteiger partial charge is 0.444 e. The number of halogens is 1. The molecule has 7 heteroatoms. The standard InChI is InChI=1S/C16H25ClN4O2/c1-16(2,3)23-15(22)20(4)13-6-5-9-21(11-13)10-12-7-8-18-14(17)19-12/h7-8,13H,5-6,9-11H2,1-4H3. The Hall–Kier alpha value is -1.40. The van der Waals surface area contributed by atoms with Gasteiger partial charge < -0.3 is 9.64 Å². The molecule has 1 amide bonds. The average Bonchev–Trinajstić information content (AvgIpc) is 2.45. The Bertz CT molecular complexity index is 547. The number of hydrogen-bond donors (Lipinski definition) is 0. The van der Waals surface area contributed by atoms with Gasteiger partial charge in [0.1, 0.15) is 5.60 Å². The van der Waals surface area contributed by atoms with Crippen molar-refractivity contribution < 1.29 is 9.53 Å². The summed E-state index contributed by atoms with van der Waals surface area (Å²) in [4.78, 5) is 24.3. The van der Waals surface area contributed by atoms with Crippen LogP contribution in [-0.2, 0) is 11.3 Å². The third-order valence-corrected chi connectivity index (χ3v) is 3.96. The Balaban J connectivity index is 1.93. The van der Waals surface area contributed by atoms with Crippen LogP contribution in [0.5, 0.6) is 0 Å². The number of amides is 1. The zero-order valence-electron chi connectivity index (χ0n) is 14.3. The van der Waals surface area contributed by atoms with Gasteiger partial charge in [-0.15, -0.1) is 0 Å². The predicted octanol–water partition coefficient (Wildman–Crippen LogP) is 2.96. The number of likely N-dealkylation sites (tertiary alicyclic amines) is 1. The monoisotopic (exact) mass is 340 g/mol. The summed E-state index contributed by atoms with van der Waals surface area (Å²) in [6, 6.07) is 2.02. The summed E-state index contributed by atoms with van der Waals surface area (Å²) in [5.41, 5.74) is 0.419. The van der Waals surface area contributed by atoms with Gasteiger partial charge >= 0.3 is 6.09 Å². The van der Waals surface area contributed by atoms with E-state index in [1.54, 1.807) is 11.1 Å². The van der Waals surface area contributed by atoms with Crippen molar-refractivity contribution >= 4 is 17.7 Å².